The highest BCUT2D eigenvalue weighted by Crippen LogP contribution is 2.20. The molecule has 2 rings (SSSR count). The number of hydrogen-bond acceptors (Lipinski definition) is 5. The largest absolute Gasteiger partial charge is 0.444 e. The molecular weight excluding hydrogens is 309 g/mol. The summed E-state index contributed by atoms with van der Waals surface area (Å²) in [4.78, 5) is 4.11. The van der Waals surface area contributed by atoms with Crippen molar-refractivity contribution in [2.45, 2.75) is 31.6 Å². The van der Waals surface area contributed by atoms with Crippen molar-refractivity contribution in [3.05, 3.63) is 42.0 Å². The normalized spacial score (nSPS) is 12.5. The zero-order valence-electron chi connectivity index (χ0n) is 12.4. The van der Waals surface area contributed by atoms with Crippen LogP contribution >= 0.6 is 0 Å². The molecule has 0 spiro atoms. The highest BCUT2D eigenvalue weighted by atomic mass is 32.2. The van der Waals surface area contributed by atoms with E-state index in [2.05, 4.69) is 4.98 Å². The third-order valence-corrected chi connectivity index (χ3v) is 4.60. The summed E-state index contributed by atoms with van der Waals surface area (Å²) in [5.41, 5.74) is -0.174. The minimum atomic E-state index is -3.39. The van der Waals surface area contributed by atoms with Crippen molar-refractivity contribution >= 4 is 9.84 Å². The van der Waals surface area contributed by atoms with E-state index < -0.39 is 15.4 Å². The molecule has 0 aliphatic carbocycles. The van der Waals surface area contributed by atoms with E-state index in [9.17, 15) is 17.9 Å². The first-order valence-corrected chi connectivity index (χ1v) is 8.60. The van der Waals surface area contributed by atoms with Crippen molar-refractivity contribution < 1.29 is 22.3 Å². The smallest absolute Gasteiger partial charge is 0.226 e. The molecule has 0 saturated carbocycles. The van der Waals surface area contributed by atoms with Gasteiger partial charge in [0.25, 0.3) is 0 Å². The van der Waals surface area contributed by atoms with Gasteiger partial charge in [-0.05, 0) is 44.5 Å². The number of nitrogens with zero attached hydrogens (tertiary/aromatic N) is 1. The van der Waals surface area contributed by atoms with E-state index in [4.69, 9.17) is 4.42 Å². The molecule has 0 atom stereocenters. The van der Waals surface area contributed by atoms with Gasteiger partial charge in [0.2, 0.25) is 5.89 Å². The SMILES string of the molecule is CC(C)(O)CCS(=O)(=O)Cc1coc(-c2ccc(F)cc2)n1. The van der Waals surface area contributed by atoms with Gasteiger partial charge in [-0.3, -0.25) is 0 Å². The fourth-order valence-corrected chi connectivity index (χ4v) is 3.34. The zero-order valence-corrected chi connectivity index (χ0v) is 13.2. The van der Waals surface area contributed by atoms with E-state index in [1.54, 1.807) is 13.8 Å². The molecule has 1 aromatic heterocycles. The van der Waals surface area contributed by atoms with Gasteiger partial charge in [0, 0.05) is 5.56 Å². The number of hydrogen-bond donors (Lipinski definition) is 1. The second-order valence-corrected chi connectivity index (χ2v) is 7.99. The average Bonchev–Trinajstić information content (AvgIpc) is 2.84. The highest BCUT2D eigenvalue weighted by Gasteiger charge is 2.21. The van der Waals surface area contributed by atoms with Crippen LogP contribution in [-0.4, -0.2) is 29.9 Å². The summed E-state index contributed by atoms with van der Waals surface area (Å²) in [7, 11) is -3.39. The van der Waals surface area contributed by atoms with E-state index in [0.29, 0.717) is 5.56 Å². The first-order chi connectivity index (χ1) is 10.1. The lowest BCUT2D eigenvalue weighted by Gasteiger charge is -2.16. The Morgan fingerprint density at radius 3 is 2.50 bits per heavy atom. The third-order valence-electron chi connectivity index (χ3n) is 3.04. The standard InChI is InChI=1S/C15H18FNO4S/c1-15(2,18)7-8-22(19,20)10-13-9-21-14(17-13)11-3-5-12(16)6-4-11/h3-6,9,18H,7-8,10H2,1-2H3. The topological polar surface area (TPSA) is 80.4 Å². The molecule has 22 heavy (non-hydrogen) atoms. The van der Waals surface area contributed by atoms with Gasteiger partial charge in [-0.1, -0.05) is 0 Å². The van der Waals surface area contributed by atoms with Gasteiger partial charge in [0.05, 0.1) is 22.8 Å². The first-order valence-electron chi connectivity index (χ1n) is 6.78. The molecule has 0 amide bonds. The van der Waals surface area contributed by atoms with Crippen molar-refractivity contribution in [3.63, 3.8) is 0 Å². The Hall–Kier alpha value is -1.73. The van der Waals surface area contributed by atoms with Crippen molar-refractivity contribution in [1.82, 2.24) is 4.98 Å². The van der Waals surface area contributed by atoms with Crippen LogP contribution in [0.3, 0.4) is 0 Å². The maximum absolute atomic E-state index is 12.9. The molecule has 0 aliphatic heterocycles. The quantitative estimate of drug-likeness (QED) is 0.882. The van der Waals surface area contributed by atoms with Crippen LogP contribution in [0.1, 0.15) is 26.0 Å². The number of aromatic nitrogens is 1. The molecule has 1 N–H and O–H groups in total. The Morgan fingerprint density at radius 1 is 1.27 bits per heavy atom. The maximum atomic E-state index is 12.9. The lowest BCUT2D eigenvalue weighted by molar-refractivity contribution is 0.0772. The third kappa shape index (κ3) is 4.92. The zero-order chi connectivity index (χ0) is 16.4. The average molecular weight is 327 g/mol. The van der Waals surface area contributed by atoms with Crippen LogP contribution in [0, 0.1) is 5.82 Å². The maximum Gasteiger partial charge on any atom is 0.226 e. The molecule has 0 saturated heterocycles. The van der Waals surface area contributed by atoms with Crippen LogP contribution in [0.5, 0.6) is 0 Å². The molecule has 120 valence electrons. The van der Waals surface area contributed by atoms with E-state index in [1.165, 1.54) is 30.5 Å². The minimum absolute atomic E-state index is 0.130. The first kappa shape index (κ1) is 16.6. The van der Waals surface area contributed by atoms with Crippen molar-refractivity contribution in [3.8, 4) is 11.5 Å². The van der Waals surface area contributed by atoms with Gasteiger partial charge in [-0.2, -0.15) is 0 Å². The number of aliphatic hydroxyl groups is 1. The Kier molecular flexibility index (Phi) is 4.67. The highest BCUT2D eigenvalue weighted by molar-refractivity contribution is 7.90. The number of halogens is 1. The number of sulfone groups is 1. The molecule has 7 heteroatoms. The van der Waals surface area contributed by atoms with Crippen LogP contribution < -0.4 is 0 Å². The van der Waals surface area contributed by atoms with E-state index in [1.807, 2.05) is 0 Å². The van der Waals surface area contributed by atoms with Crippen molar-refractivity contribution in [2.24, 2.45) is 0 Å². The predicted octanol–water partition coefficient (Wildman–Crippen LogP) is 2.56. The molecule has 2 aromatic rings. The molecular formula is C15H18FNO4S. The van der Waals surface area contributed by atoms with Gasteiger partial charge in [-0.25, -0.2) is 17.8 Å². The van der Waals surface area contributed by atoms with Gasteiger partial charge in [-0.15, -0.1) is 0 Å². The van der Waals surface area contributed by atoms with Crippen LogP contribution in [0.15, 0.2) is 34.9 Å². The molecule has 5 nitrogen and oxygen atoms in total. The van der Waals surface area contributed by atoms with E-state index >= 15 is 0 Å². The van der Waals surface area contributed by atoms with Gasteiger partial charge in [0.15, 0.2) is 9.84 Å². The lowest BCUT2D eigenvalue weighted by atomic mass is 10.1. The molecule has 0 radical (unpaired) electrons. The van der Waals surface area contributed by atoms with Crippen molar-refractivity contribution in [1.29, 1.82) is 0 Å². The molecule has 0 bridgehead atoms. The molecule has 1 aromatic carbocycles. The molecule has 0 fully saturated rings. The molecule has 0 unspecified atom stereocenters. The summed E-state index contributed by atoms with van der Waals surface area (Å²) in [6.07, 6.45) is 1.43. The van der Waals surface area contributed by atoms with Gasteiger partial charge in [0.1, 0.15) is 12.1 Å². The Labute approximate surface area is 128 Å². The summed E-state index contributed by atoms with van der Waals surface area (Å²) >= 11 is 0. The Morgan fingerprint density at radius 2 is 1.91 bits per heavy atom. The van der Waals surface area contributed by atoms with Crippen LogP contribution in [0.4, 0.5) is 4.39 Å². The second kappa shape index (κ2) is 6.18. The summed E-state index contributed by atoms with van der Waals surface area (Å²) in [5.74, 6) is -0.513. The van der Waals surface area contributed by atoms with Gasteiger partial charge < -0.3 is 9.52 Å². The number of oxazole rings is 1. The van der Waals surface area contributed by atoms with Crippen molar-refractivity contribution in [2.75, 3.05) is 5.75 Å². The Bertz CT molecular complexity index is 730. The molecule has 0 aliphatic rings. The fourth-order valence-electron chi connectivity index (χ4n) is 1.80. The summed E-state index contributed by atoms with van der Waals surface area (Å²) < 4.78 is 42.1. The lowest BCUT2D eigenvalue weighted by Crippen LogP contribution is -2.24. The van der Waals surface area contributed by atoms with Crippen LogP contribution in [-0.2, 0) is 15.6 Å². The number of rotatable bonds is 6. The van der Waals surface area contributed by atoms with Crippen LogP contribution in [0.25, 0.3) is 11.5 Å². The Balaban J connectivity index is 2.07. The second-order valence-electron chi connectivity index (χ2n) is 5.81. The number of benzene rings is 1. The monoisotopic (exact) mass is 327 g/mol. The van der Waals surface area contributed by atoms with E-state index in [0.717, 1.165) is 0 Å². The summed E-state index contributed by atoms with van der Waals surface area (Å²) in [5, 5.41) is 9.59. The fraction of sp³-hybridized carbons (Fsp3) is 0.400. The summed E-state index contributed by atoms with van der Waals surface area (Å²) in [6.45, 7) is 3.12. The predicted molar refractivity (Wildman–Crippen MR) is 80.3 cm³/mol. The van der Waals surface area contributed by atoms with E-state index in [-0.39, 0.29) is 35.3 Å². The molecule has 1 heterocycles. The van der Waals surface area contributed by atoms with Crippen LogP contribution in [0.2, 0.25) is 0 Å². The van der Waals surface area contributed by atoms with Gasteiger partial charge >= 0.3 is 0 Å². The minimum Gasteiger partial charge on any atom is -0.444 e. The summed E-state index contributed by atoms with van der Waals surface area (Å²) in [6, 6.07) is 5.57.